The third-order valence-corrected chi connectivity index (χ3v) is 4.12. The molecule has 0 unspecified atom stereocenters. The summed E-state index contributed by atoms with van der Waals surface area (Å²) in [6.45, 7) is 5.70. The van der Waals surface area contributed by atoms with Gasteiger partial charge in [0.1, 0.15) is 6.04 Å². The molecule has 138 valence electrons. The van der Waals surface area contributed by atoms with Crippen LogP contribution >= 0.6 is 0 Å². The van der Waals surface area contributed by atoms with Crippen molar-refractivity contribution in [1.82, 2.24) is 9.80 Å². The average Bonchev–Trinajstić information content (AvgIpc) is 2.78. The van der Waals surface area contributed by atoms with Gasteiger partial charge in [-0.3, -0.25) is 0 Å². The minimum atomic E-state index is -4.45. The van der Waals surface area contributed by atoms with Crippen molar-refractivity contribution in [2.24, 2.45) is 5.41 Å². The fraction of sp³-hybridized carbons (Fsp3) is 0.529. The number of halogens is 3. The molecule has 1 heterocycles. The largest absolute Gasteiger partial charge is 0.480 e. The van der Waals surface area contributed by atoms with E-state index in [4.69, 9.17) is 0 Å². The molecule has 0 bridgehead atoms. The number of aliphatic carboxylic acids is 1. The average molecular weight is 358 g/mol. The maximum absolute atomic E-state index is 12.8. The topological polar surface area (TPSA) is 60.9 Å². The van der Waals surface area contributed by atoms with Crippen molar-refractivity contribution in [3.8, 4) is 0 Å². The molecule has 1 aliphatic heterocycles. The molecule has 0 aromatic heterocycles. The molecule has 1 atom stereocenters. The van der Waals surface area contributed by atoms with E-state index in [2.05, 4.69) is 0 Å². The first-order valence-corrected chi connectivity index (χ1v) is 7.86. The number of carbonyl (C=O) groups is 2. The normalized spacial score (nSPS) is 17.1. The van der Waals surface area contributed by atoms with Crippen molar-refractivity contribution in [2.45, 2.75) is 39.5 Å². The van der Waals surface area contributed by atoms with E-state index in [1.54, 1.807) is 20.8 Å². The molecule has 0 saturated carbocycles. The van der Waals surface area contributed by atoms with E-state index in [1.807, 2.05) is 0 Å². The SMILES string of the molecule is CC(C)(C)[C@@H](C(=O)O)N1CCN(Cc2cccc(C(F)(F)F)c2)C1=O. The number of rotatable bonds is 4. The molecule has 1 aliphatic rings. The van der Waals surface area contributed by atoms with E-state index in [0.29, 0.717) is 5.56 Å². The Labute approximate surface area is 144 Å². The van der Waals surface area contributed by atoms with Crippen LogP contribution < -0.4 is 0 Å². The monoisotopic (exact) mass is 358 g/mol. The van der Waals surface area contributed by atoms with E-state index in [9.17, 15) is 27.9 Å². The first-order valence-electron chi connectivity index (χ1n) is 7.86. The van der Waals surface area contributed by atoms with Crippen LogP contribution in [0.3, 0.4) is 0 Å². The van der Waals surface area contributed by atoms with Crippen LogP contribution in [0.4, 0.5) is 18.0 Å². The number of amides is 2. The highest BCUT2D eigenvalue weighted by Gasteiger charge is 2.43. The minimum Gasteiger partial charge on any atom is -0.480 e. The number of hydrogen-bond acceptors (Lipinski definition) is 2. The predicted octanol–water partition coefficient (Wildman–Crippen LogP) is 3.44. The summed E-state index contributed by atoms with van der Waals surface area (Å²) in [5, 5.41) is 9.45. The number of benzene rings is 1. The van der Waals surface area contributed by atoms with Gasteiger partial charge in [0.15, 0.2) is 0 Å². The van der Waals surface area contributed by atoms with Crippen LogP contribution in [-0.4, -0.2) is 46.0 Å². The molecule has 0 aliphatic carbocycles. The van der Waals surface area contributed by atoms with Gasteiger partial charge < -0.3 is 14.9 Å². The van der Waals surface area contributed by atoms with Crippen LogP contribution in [0.2, 0.25) is 0 Å². The summed E-state index contributed by atoms with van der Waals surface area (Å²) in [4.78, 5) is 26.8. The molecule has 1 saturated heterocycles. The highest BCUT2D eigenvalue weighted by atomic mass is 19.4. The highest BCUT2D eigenvalue weighted by Crippen LogP contribution is 2.31. The smallest absolute Gasteiger partial charge is 0.416 e. The first kappa shape index (κ1) is 19.1. The van der Waals surface area contributed by atoms with E-state index in [0.717, 1.165) is 12.1 Å². The third-order valence-electron chi connectivity index (χ3n) is 4.12. The summed E-state index contributed by atoms with van der Waals surface area (Å²) in [6.07, 6.45) is -4.45. The number of alkyl halides is 3. The van der Waals surface area contributed by atoms with Crippen molar-refractivity contribution in [2.75, 3.05) is 13.1 Å². The van der Waals surface area contributed by atoms with Gasteiger partial charge in [-0.1, -0.05) is 32.9 Å². The minimum absolute atomic E-state index is 0.00966. The third kappa shape index (κ3) is 4.24. The number of nitrogens with zero attached hydrogens (tertiary/aromatic N) is 2. The van der Waals surface area contributed by atoms with E-state index in [1.165, 1.54) is 21.9 Å². The second kappa shape index (κ2) is 6.57. The van der Waals surface area contributed by atoms with Gasteiger partial charge in [-0.2, -0.15) is 13.2 Å². The summed E-state index contributed by atoms with van der Waals surface area (Å²) < 4.78 is 38.4. The van der Waals surface area contributed by atoms with Crippen LogP contribution in [-0.2, 0) is 17.5 Å². The second-order valence-corrected chi connectivity index (χ2v) is 7.20. The number of carbonyl (C=O) groups excluding carboxylic acids is 1. The molecular weight excluding hydrogens is 337 g/mol. The van der Waals surface area contributed by atoms with Crippen molar-refractivity contribution in [3.05, 3.63) is 35.4 Å². The van der Waals surface area contributed by atoms with Gasteiger partial charge in [-0.05, 0) is 23.1 Å². The molecule has 25 heavy (non-hydrogen) atoms. The van der Waals surface area contributed by atoms with Crippen molar-refractivity contribution < 1.29 is 27.9 Å². The molecule has 8 heteroatoms. The molecule has 1 aromatic carbocycles. The fourth-order valence-corrected chi connectivity index (χ4v) is 3.03. The zero-order valence-corrected chi connectivity index (χ0v) is 14.3. The van der Waals surface area contributed by atoms with Crippen LogP contribution in [0.1, 0.15) is 31.9 Å². The van der Waals surface area contributed by atoms with Gasteiger partial charge in [-0.25, -0.2) is 9.59 Å². The van der Waals surface area contributed by atoms with Gasteiger partial charge in [0.2, 0.25) is 0 Å². The summed E-state index contributed by atoms with van der Waals surface area (Å²) >= 11 is 0. The zero-order valence-electron chi connectivity index (χ0n) is 14.3. The Kier molecular flexibility index (Phi) is 5.02. The standard InChI is InChI=1S/C17H21F3N2O3/c1-16(2,3)13(14(23)24)22-8-7-21(15(22)25)10-11-5-4-6-12(9-11)17(18,19)20/h4-6,9,13H,7-8,10H2,1-3H3,(H,23,24)/t13-/m1/s1. The number of hydrogen-bond donors (Lipinski definition) is 1. The highest BCUT2D eigenvalue weighted by molar-refractivity contribution is 5.84. The van der Waals surface area contributed by atoms with Crippen molar-refractivity contribution >= 4 is 12.0 Å². The summed E-state index contributed by atoms with van der Waals surface area (Å²) in [6, 6.07) is 3.33. The molecule has 2 rings (SSSR count). The molecule has 0 spiro atoms. The Balaban J connectivity index is 2.16. The number of carboxylic acids is 1. The molecule has 1 N–H and O–H groups in total. The Morgan fingerprint density at radius 1 is 1.24 bits per heavy atom. The second-order valence-electron chi connectivity index (χ2n) is 7.20. The molecule has 5 nitrogen and oxygen atoms in total. The lowest BCUT2D eigenvalue weighted by Crippen LogP contribution is -2.50. The Morgan fingerprint density at radius 2 is 1.88 bits per heavy atom. The van der Waals surface area contributed by atoms with Crippen LogP contribution in [0.15, 0.2) is 24.3 Å². The Hall–Kier alpha value is -2.25. The van der Waals surface area contributed by atoms with Gasteiger partial charge in [0, 0.05) is 19.6 Å². The zero-order chi connectivity index (χ0) is 19.0. The van der Waals surface area contributed by atoms with Gasteiger partial charge in [0.25, 0.3) is 0 Å². The van der Waals surface area contributed by atoms with E-state index >= 15 is 0 Å². The van der Waals surface area contributed by atoms with Crippen molar-refractivity contribution in [1.29, 1.82) is 0 Å². The van der Waals surface area contributed by atoms with Crippen molar-refractivity contribution in [3.63, 3.8) is 0 Å². The lowest BCUT2D eigenvalue weighted by Gasteiger charge is -2.34. The maximum atomic E-state index is 12.8. The number of carboxylic acid groups (broad SMARTS) is 1. The Bertz CT molecular complexity index is 668. The van der Waals surface area contributed by atoms with E-state index in [-0.39, 0.29) is 19.6 Å². The van der Waals surface area contributed by atoms with Crippen LogP contribution in [0.5, 0.6) is 0 Å². The summed E-state index contributed by atoms with van der Waals surface area (Å²) in [5.41, 5.74) is -1.08. The molecule has 1 fully saturated rings. The van der Waals surface area contributed by atoms with Crippen LogP contribution in [0.25, 0.3) is 0 Å². The van der Waals surface area contributed by atoms with Gasteiger partial charge >= 0.3 is 18.2 Å². The fourth-order valence-electron chi connectivity index (χ4n) is 3.03. The first-order chi connectivity index (χ1) is 11.4. The quantitative estimate of drug-likeness (QED) is 0.897. The summed E-state index contributed by atoms with van der Waals surface area (Å²) in [7, 11) is 0. The molecule has 0 radical (unpaired) electrons. The van der Waals surface area contributed by atoms with Crippen LogP contribution in [0, 0.1) is 5.41 Å². The maximum Gasteiger partial charge on any atom is 0.416 e. The lowest BCUT2D eigenvalue weighted by atomic mass is 9.86. The predicted molar refractivity (Wildman–Crippen MR) is 84.8 cm³/mol. The van der Waals surface area contributed by atoms with E-state index < -0.39 is 35.2 Å². The molecular formula is C17H21F3N2O3. The lowest BCUT2D eigenvalue weighted by molar-refractivity contribution is -0.145. The molecule has 2 amide bonds. The summed E-state index contributed by atoms with van der Waals surface area (Å²) in [5.74, 6) is -1.10. The van der Waals surface area contributed by atoms with Gasteiger partial charge in [-0.15, -0.1) is 0 Å². The van der Waals surface area contributed by atoms with Gasteiger partial charge in [0.05, 0.1) is 5.56 Å². The molecule has 1 aromatic rings. The Morgan fingerprint density at radius 3 is 2.40 bits per heavy atom. The number of urea groups is 1.